The van der Waals surface area contributed by atoms with Crippen LogP contribution in [0.5, 0.6) is 0 Å². The van der Waals surface area contributed by atoms with Gasteiger partial charge < -0.3 is 10.1 Å². The number of hydrogen-bond donors (Lipinski definition) is 1. The first-order valence-corrected chi connectivity index (χ1v) is 4.93. The quantitative estimate of drug-likeness (QED) is 0.833. The smallest absolute Gasteiger partial charge is 0.146 e. The molecule has 1 aromatic rings. The van der Waals surface area contributed by atoms with Crippen molar-refractivity contribution in [1.29, 1.82) is 0 Å². The molecule has 1 saturated carbocycles. The van der Waals surface area contributed by atoms with Crippen LogP contribution in [-0.4, -0.2) is 19.3 Å². The van der Waals surface area contributed by atoms with Gasteiger partial charge in [-0.05, 0) is 31.0 Å². The van der Waals surface area contributed by atoms with E-state index in [-0.39, 0.29) is 17.8 Å². The maximum Gasteiger partial charge on any atom is 0.146 e. The van der Waals surface area contributed by atoms with Crippen molar-refractivity contribution in [3.8, 4) is 0 Å². The molecule has 4 heteroatoms. The predicted molar refractivity (Wildman–Crippen MR) is 53.8 cm³/mol. The molecular weight excluding hydrogens is 200 g/mol. The lowest BCUT2D eigenvalue weighted by Gasteiger charge is -2.35. The standard InChI is InChI=1S/C11H13F2NO/c1-15-9-5-8(6-9)14-11-4-7(12)2-3-10(11)13/h2-4,8-9,14H,5-6H2,1H3. The van der Waals surface area contributed by atoms with Crippen molar-refractivity contribution in [3.05, 3.63) is 29.8 Å². The van der Waals surface area contributed by atoms with Crippen LogP contribution < -0.4 is 5.32 Å². The zero-order chi connectivity index (χ0) is 10.8. The summed E-state index contributed by atoms with van der Waals surface area (Å²) in [5.41, 5.74) is 0.231. The highest BCUT2D eigenvalue weighted by Gasteiger charge is 2.29. The van der Waals surface area contributed by atoms with E-state index in [4.69, 9.17) is 4.74 Å². The highest BCUT2D eigenvalue weighted by Crippen LogP contribution is 2.27. The topological polar surface area (TPSA) is 21.3 Å². The van der Waals surface area contributed by atoms with E-state index in [0.717, 1.165) is 25.0 Å². The molecule has 0 heterocycles. The van der Waals surface area contributed by atoms with Gasteiger partial charge in [0.2, 0.25) is 0 Å². The molecule has 0 spiro atoms. The summed E-state index contributed by atoms with van der Waals surface area (Å²) in [5, 5.41) is 2.96. The van der Waals surface area contributed by atoms with Crippen LogP contribution in [0, 0.1) is 11.6 Å². The fraction of sp³-hybridized carbons (Fsp3) is 0.455. The molecule has 0 radical (unpaired) electrons. The number of rotatable bonds is 3. The fourth-order valence-electron chi connectivity index (χ4n) is 1.70. The van der Waals surface area contributed by atoms with Gasteiger partial charge >= 0.3 is 0 Å². The number of nitrogens with one attached hydrogen (secondary N) is 1. The average Bonchev–Trinajstić information content (AvgIpc) is 2.16. The highest BCUT2D eigenvalue weighted by atomic mass is 19.1. The minimum absolute atomic E-state index is 0.186. The Kier molecular flexibility index (Phi) is 2.86. The van der Waals surface area contributed by atoms with Gasteiger partial charge in [-0.15, -0.1) is 0 Å². The average molecular weight is 213 g/mol. The number of anilines is 1. The molecule has 1 N–H and O–H groups in total. The third-order valence-electron chi connectivity index (χ3n) is 2.72. The Labute approximate surface area is 87.2 Å². The van der Waals surface area contributed by atoms with Crippen molar-refractivity contribution in [2.75, 3.05) is 12.4 Å². The van der Waals surface area contributed by atoms with Gasteiger partial charge in [0.05, 0.1) is 11.8 Å². The van der Waals surface area contributed by atoms with E-state index >= 15 is 0 Å². The molecule has 0 aromatic heterocycles. The largest absolute Gasteiger partial charge is 0.381 e. The molecule has 1 fully saturated rings. The summed E-state index contributed by atoms with van der Waals surface area (Å²) in [7, 11) is 1.66. The zero-order valence-corrected chi connectivity index (χ0v) is 8.47. The third kappa shape index (κ3) is 2.26. The van der Waals surface area contributed by atoms with Crippen LogP contribution >= 0.6 is 0 Å². The lowest BCUT2D eigenvalue weighted by atomic mass is 9.89. The van der Waals surface area contributed by atoms with E-state index in [0.29, 0.717) is 0 Å². The molecule has 2 rings (SSSR count). The molecule has 0 unspecified atom stereocenters. The second-order valence-electron chi connectivity index (χ2n) is 3.79. The maximum atomic E-state index is 13.2. The Morgan fingerprint density at radius 2 is 2.07 bits per heavy atom. The van der Waals surface area contributed by atoms with Crippen molar-refractivity contribution in [1.82, 2.24) is 0 Å². The molecule has 82 valence electrons. The van der Waals surface area contributed by atoms with Gasteiger partial charge in [0.1, 0.15) is 11.6 Å². The normalized spacial score (nSPS) is 24.7. The first kappa shape index (κ1) is 10.4. The highest BCUT2D eigenvalue weighted by molar-refractivity contribution is 5.46. The predicted octanol–water partition coefficient (Wildman–Crippen LogP) is 2.55. The van der Waals surface area contributed by atoms with E-state index in [1.165, 1.54) is 6.07 Å². The van der Waals surface area contributed by atoms with Crippen LogP contribution in [0.3, 0.4) is 0 Å². The summed E-state index contributed by atoms with van der Waals surface area (Å²) in [6, 6.07) is 3.60. The number of methoxy groups -OCH3 is 1. The molecule has 1 aromatic carbocycles. The van der Waals surface area contributed by atoms with Crippen LogP contribution in [-0.2, 0) is 4.74 Å². The number of hydrogen-bond acceptors (Lipinski definition) is 2. The first-order chi connectivity index (χ1) is 7.19. The molecule has 0 aliphatic heterocycles. The summed E-state index contributed by atoms with van der Waals surface area (Å²) < 4.78 is 31.1. The van der Waals surface area contributed by atoms with Gasteiger partial charge in [0.25, 0.3) is 0 Å². The molecule has 1 aliphatic carbocycles. The van der Waals surface area contributed by atoms with Crippen LogP contribution in [0.1, 0.15) is 12.8 Å². The molecule has 0 amide bonds. The van der Waals surface area contributed by atoms with Crippen molar-refractivity contribution in [2.24, 2.45) is 0 Å². The lowest BCUT2D eigenvalue weighted by Crippen LogP contribution is -2.40. The maximum absolute atomic E-state index is 13.2. The summed E-state index contributed by atoms with van der Waals surface area (Å²) in [6.07, 6.45) is 1.93. The van der Waals surface area contributed by atoms with E-state index < -0.39 is 11.6 Å². The summed E-state index contributed by atoms with van der Waals surface area (Å²) >= 11 is 0. The minimum atomic E-state index is -0.429. The van der Waals surface area contributed by atoms with Crippen LogP contribution in [0.2, 0.25) is 0 Å². The van der Waals surface area contributed by atoms with Crippen molar-refractivity contribution in [2.45, 2.75) is 25.0 Å². The SMILES string of the molecule is COC1CC(Nc2cc(F)ccc2F)C1. The molecule has 2 nitrogen and oxygen atoms in total. The molecule has 1 aliphatic rings. The Hall–Kier alpha value is -1.16. The zero-order valence-electron chi connectivity index (χ0n) is 8.47. The molecule has 0 saturated heterocycles. The lowest BCUT2D eigenvalue weighted by molar-refractivity contribution is 0.0328. The van der Waals surface area contributed by atoms with Crippen molar-refractivity contribution >= 4 is 5.69 Å². The molecular formula is C11H13F2NO. The van der Waals surface area contributed by atoms with E-state index in [1.54, 1.807) is 7.11 Å². The van der Waals surface area contributed by atoms with Gasteiger partial charge in [0.15, 0.2) is 0 Å². The second-order valence-corrected chi connectivity index (χ2v) is 3.79. The molecule has 15 heavy (non-hydrogen) atoms. The van der Waals surface area contributed by atoms with E-state index in [1.807, 2.05) is 0 Å². The summed E-state index contributed by atoms with van der Waals surface area (Å²) in [4.78, 5) is 0. The van der Waals surface area contributed by atoms with Gasteiger partial charge in [-0.3, -0.25) is 0 Å². The van der Waals surface area contributed by atoms with E-state index in [9.17, 15) is 8.78 Å². The van der Waals surface area contributed by atoms with Gasteiger partial charge in [-0.1, -0.05) is 0 Å². The second kappa shape index (κ2) is 4.14. The number of benzene rings is 1. The van der Waals surface area contributed by atoms with E-state index in [2.05, 4.69) is 5.32 Å². The minimum Gasteiger partial charge on any atom is -0.381 e. The summed E-state index contributed by atoms with van der Waals surface area (Å²) in [6.45, 7) is 0. The fourth-order valence-corrected chi connectivity index (χ4v) is 1.70. The monoisotopic (exact) mass is 213 g/mol. The van der Waals surface area contributed by atoms with Crippen LogP contribution in [0.4, 0.5) is 14.5 Å². The first-order valence-electron chi connectivity index (χ1n) is 4.93. The van der Waals surface area contributed by atoms with Gasteiger partial charge in [0, 0.05) is 13.2 Å². The number of halogens is 2. The Morgan fingerprint density at radius 3 is 2.73 bits per heavy atom. The van der Waals surface area contributed by atoms with Gasteiger partial charge in [-0.25, -0.2) is 8.78 Å². The third-order valence-corrected chi connectivity index (χ3v) is 2.72. The summed E-state index contributed by atoms with van der Waals surface area (Å²) in [5.74, 6) is -0.848. The van der Waals surface area contributed by atoms with Crippen molar-refractivity contribution in [3.63, 3.8) is 0 Å². The van der Waals surface area contributed by atoms with Crippen molar-refractivity contribution < 1.29 is 13.5 Å². The van der Waals surface area contributed by atoms with Crippen LogP contribution in [0.15, 0.2) is 18.2 Å². The number of ether oxygens (including phenoxy) is 1. The van der Waals surface area contributed by atoms with Crippen LogP contribution in [0.25, 0.3) is 0 Å². The Balaban J connectivity index is 1.97. The molecule has 0 bridgehead atoms. The molecule has 0 atom stereocenters. The Bertz CT molecular complexity index is 350. The van der Waals surface area contributed by atoms with Gasteiger partial charge in [-0.2, -0.15) is 0 Å². The Morgan fingerprint density at radius 1 is 1.33 bits per heavy atom.